The molecule has 6 heteroatoms. The summed E-state index contributed by atoms with van der Waals surface area (Å²) < 4.78 is 5.22. The van der Waals surface area contributed by atoms with Crippen LogP contribution in [0, 0.1) is 6.92 Å². The van der Waals surface area contributed by atoms with E-state index in [2.05, 4.69) is 15.6 Å². The first-order valence-corrected chi connectivity index (χ1v) is 8.36. The van der Waals surface area contributed by atoms with Crippen LogP contribution in [0.1, 0.15) is 26.4 Å². The van der Waals surface area contributed by atoms with Crippen molar-refractivity contribution in [3.8, 4) is 5.75 Å². The molecule has 0 bridgehead atoms. The molecule has 27 heavy (non-hydrogen) atoms. The van der Waals surface area contributed by atoms with Gasteiger partial charge in [-0.3, -0.25) is 14.6 Å². The molecule has 0 saturated heterocycles. The van der Waals surface area contributed by atoms with Crippen molar-refractivity contribution >= 4 is 23.2 Å². The predicted molar refractivity (Wildman–Crippen MR) is 104 cm³/mol. The van der Waals surface area contributed by atoms with Gasteiger partial charge >= 0.3 is 0 Å². The van der Waals surface area contributed by atoms with Crippen molar-refractivity contribution in [3.63, 3.8) is 0 Å². The van der Waals surface area contributed by atoms with Crippen molar-refractivity contribution in [1.82, 2.24) is 4.98 Å². The summed E-state index contributed by atoms with van der Waals surface area (Å²) in [6, 6.07) is 17.6. The molecular formula is C21H19N3O3. The molecule has 3 rings (SSSR count). The topological polar surface area (TPSA) is 80.3 Å². The van der Waals surface area contributed by atoms with Gasteiger partial charge in [0, 0.05) is 17.4 Å². The number of rotatable bonds is 5. The first-order valence-electron chi connectivity index (χ1n) is 8.36. The van der Waals surface area contributed by atoms with Crippen LogP contribution in [-0.2, 0) is 0 Å². The number of ether oxygens (including phenoxy) is 1. The largest absolute Gasteiger partial charge is 0.495 e. The molecule has 0 fully saturated rings. The van der Waals surface area contributed by atoms with Gasteiger partial charge < -0.3 is 15.4 Å². The van der Waals surface area contributed by atoms with Crippen LogP contribution in [0.25, 0.3) is 0 Å². The summed E-state index contributed by atoms with van der Waals surface area (Å²) in [5, 5.41) is 5.59. The lowest BCUT2D eigenvalue weighted by atomic mass is 10.1. The fourth-order valence-corrected chi connectivity index (χ4v) is 2.54. The van der Waals surface area contributed by atoms with Crippen molar-refractivity contribution < 1.29 is 14.3 Å². The average molecular weight is 361 g/mol. The van der Waals surface area contributed by atoms with Crippen LogP contribution in [0.2, 0.25) is 0 Å². The number of hydrogen-bond acceptors (Lipinski definition) is 4. The third-order valence-corrected chi connectivity index (χ3v) is 4.00. The lowest BCUT2D eigenvalue weighted by Crippen LogP contribution is -2.17. The standard InChI is InChI=1S/C21H19N3O3/c1-14-7-3-4-8-16(14)23-20(25)15-11-12-22-18(13-15)21(26)24-17-9-5-6-10-19(17)27-2/h3-13H,1-2H3,(H,23,25)(H,24,26). The molecular weight excluding hydrogens is 342 g/mol. The summed E-state index contributed by atoms with van der Waals surface area (Å²) in [5.74, 6) is -0.192. The van der Waals surface area contributed by atoms with E-state index in [1.54, 1.807) is 24.3 Å². The Bertz CT molecular complexity index is 986. The number of aryl methyl sites for hydroxylation is 1. The van der Waals surface area contributed by atoms with Gasteiger partial charge in [0.1, 0.15) is 11.4 Å². The number of amides is 2. The number of anilines is 2. The lowest BCUT2D eigenvalue weighted by molar-refractivity contribution is 0.102. The molecule has 2 N–H and O–H groups in total. The normalized spacial score (nSPS) is 10.1. The van der Waals surface area contributed by atoms with Crippen molar-refractivity contribution in [1.29, 1.82) is 0 Å². The highest BCUT2D eigenvalue weighted by atomic mass is 16.5. The summed E-state index contributed by atoms with van der Waals surface area (Å²) >= 11 is 0. The minimum Gasteiger partial charge on any atom is -0.495 e. The van der Waals surface area contributed by atoms with E-state index in [1.165, 1.54) is 19.4 Å². The van der Waals surface area contributed by atoms with Gasteiger partial charge in [0.25, 0.3) is 11.8 Å². The van der Waals surface area contributed by atoms with Crippen molar-refractivity contribution in [2.75, 3.05) is 17.7 Å². The molecule has 1 heterocycles. The number of aromatic nitrogens is 1. The molecule has 1 aromatic heterocycles. The number of para-hydroxylation sites is 3. The monoisotopic (exact) mass is 361 g/mol. The van der Waals surface area contributed by atoms with Gasteiger partial charge in [-0.1, -0.05) is 30.3 Å². The summed E-state index contributed by atoms with van der Waals surface area (Å²) in [5.41, 5.74) is 2.69. The van der Waals surface area contributed by atoms with E-state index in [4.69, 9.17) is 4.74 Å². The van der Waals surface area contributed by atoms with Gasteiger partial charge in [-0.25, -0.2) is 0 Å². The Morgan fingerprint density at radius 1 is 0.889 bits per heavy atom. The molecule has 0 aliphatic carbocycles. The fraction of sp³-hybridized carbons (Fsp3) is 0.0952. The Hall–Kier alpha value is -3.67. The highest BCUT2D eigenvalue weighted by Crippen LogP contribution is 2.23. The maximum absolute atomic E-state index is 12.5. The van der Waals surface area contributed by atoms with Crippen LogP contribution in [0.4, 0.5) is 11.4 Å². The number of nitrogens with one attached hydrogen (secondary N) is 2. The molecule has 2 amide bonds. The van der Waals surface area contributed by atoms with E-state index in [-0.39, 0.29) is 11.6 Å². The fourth-order valence-electron chi connectivity index (χ4n) is 2.54. The molecule has 0 unspecified atom stereocenters. The van der Waals surface area contributed by atoms with Gasteiger partial charge in [-0.2, -0.15) is 0 Å². The maximum atomic E-state index is 12.5. The zero-order chi connectivity index (χ0) is 19.2. The summed E-state index contributed by atoms with van der Waals surface area (Å²) in [4.78, 5) is 29.1. The second-order valence-electron chi connectivity index (χ2n) is 5.85. The van der Waals surface area contributed by atoms with E-state index in [1.807, 2.05) is 37.3 Å². The third-order valence-electron chi connectivity index (χ3n) is 4.00. The Morgan fingerprint density at radius 3 is 2.30 bits per heavy atom. The van der Waals surface area contributed by atoms with Gasteiger partial charge in [0.2, 0.25) is 0 Å². The minimum absolute atomic E-state index is 0.137. The van der Waals surface area contributed by atoms with Crippen LogP contribution < -0.4 is 15.4 Å². The van der Waals surface area contributed by atoms with Crippen LogP contribution in [0.3, 0.4) is 0 Å². The minimum atomic E-state index is -0.426. The SMILES string of the molecule is COc1ccccc1NC(=O)c1cc(C(=O)Nc2ccccc2C)ccn1. The molecule has 136 valence electrons. The molecule has 3 aromatic rings. The van der Waals surface area contributed by atoms with Gasteiger partial charge in [-0.15, -0.1) is 0 Å². The molecule has 2 aromatic carbocycles. The molecule has 0 atom stereocenters. The van der Waals surface area contributed by atoms with E-state index in [0.29, 0.717) is 17.0 Å². The highest BCUT2D eigenvalue weighted by molar-refractivity contribution is 6.08. The number of pyridine rings is 1. The van der Waals surface area contributed by atoms with E-state index >= 15 is 0 Å². The highest BCUT2D eigenvalue weighted by Gasteiger charge is 2.14. The van der Waals surface area contributed by atoms with Gasteiger partial charge in [-0.05, 0) is 42.8 Å². The summed E-state index contributed by atoms with van der Waals surface area (Å²) in [6.45, 7) is 1.91. The van der Waals surface area contributed by atoms with Crippen molar-refractivity contribution in [3.05, 3.63) is 83.7 Å². The maximum Gasteiger partial charge on any atom is 0.274 e. The third kappa shape index (κ3) is 4.30. The number of methoxy groups -OCH3 is 1. The van der Waals surface area contributed by atoms with Crippen molar-refractivity contribution in [2.45, 2.75) is 6.92 Å². The average Bonchev–Trinajstić information content (AvgIpc) is 2.70. The Kier molecular flexibility index (Phi) is 5.47. The number of carbonyl (C=O) groups is 2. The molecule has 0 aliphatic heterocycles. The molecule has 0 saturated carbocycles. The molecule has 6 nitrogen and oxygen atoms in total. The number of carbonyl (C=O) groups excluding carboxylic acids is 2. The zero-order valence-corrected chi connectivity index (χ0v) is 15.0. The molecule has 0 spiro atoms. The van der Waals surface area contributed by atoms with Crippen LogP contribution in [0.5, 0.6) is 5.75 Å². The Morgan fingerprint density at radius 2 is 1.56 bits per heavy atom. The molecule has 0 aliphatic rings. The smallest absolute Gasteiger partial charge is 0.274 e. The van der Waals surface area contributed by atoms with Gasteiger partial charge in [0.05, 0.1) is 12.8 Å². The van der Waals surface area contributed by atoms with Crippen LogP contribution in [-0.4, -0.2) is 23.9 Å². The second-order valence-corrected chi connectivity index (χ2v) is 5.85. The molecule has 0 radical (unpaired) electrons. The van der Waals surface area contributed by atoms with Crippen molar-refractivity contribution in [2.24, 2.45) is 0 Å². The van der Waals surface area contributed by atoms with E-state index in [0.717, 1.165) is 11.3 Å². The Balaban J connectivity index is 1.77. The summed E-state index contributed by atoms with van der Waals surface area (Å²) in [6.07, 6.45) is 1.43. The van der Waals surface area contributed by atoms with E-state index < -0.39 is 5.91 Å². The quantitative estimate of drug-likeness (QED) is 0.722. The Labute approximate surface area is 157 Å². The first-order chi connectivity index (χ1) is 13.1. The number of nitrogens with zero attached hydrogens (tertiary/aromatic N) is 1. The zero-order valence-electron chi connectivity index (χ0n) is 15.0. The predicted octanol–water partition coefficient (Wildman–Crippen LogP) is 3.90. The lowest BCUT2D eigenvalue weighted by Gasteiger charge is -2.10. The second kappa shape index (κ2) is 8.14. The first kappa shape index (κ1) is 18.1. The van der Waals surface area contributed by atoms with Gasteiger partial charge in [0.15, 0.2) is 0 Å². The van der Waals surface area contributed by atoms with E-state index in [9.17, 15) is 9.59 Å². The number of benzene rings is 2. The van der Waals surface area contributed by atoms with Crippen LogP contribution >= 0.6 is 0 Å². The van der Waals surface area contributed by atoms with Crippen LogP contribution in [0.15, 0.2) is 66.9 Å². The summed E-state index contributed by atoms with van der Waals surface area (Å²) in [7, 11) is 1.53. The number of hydrogen-bond donors (Lipinski definition) is 2.